The minimum absolute atomic E-state index is 0.112. The zero-order valence-electron chi connectivity index (χ0n) is 11.6. The SMILES string of the molecule is CCC(C#N)N1CCCCC1CNCC(C)C. The summed E-state index contributed by atoms with van der Waals surface area (Å²) in [6.07, 6.45) is 4.74. The van der Waals surface area contributed by atoms with Crippen molar-refractivity contribution in [2.45, 2.75) is 58.5 Å². The smallest absolute Gasteiger partial charge is 0.0978 e. The first kappa shape index (κ1) is 14.5. The predicted octanol–water partition coefficient (Wildman–Crippen LogP) is 2.39. The van der Waals surface area contributed by atoms with Crippen molar-refractivity contribution in [1.82, 2.24) is 10.2 Å². The topological polar surface area (TPSA) is 39.1 Å². The van der Waals surface area contributed by atoms with Crippen molar-refractivity contribution in [2.75, 3.05) is 19.6 Å². The highest BCUT2D eigenvalue weighted by Crippen LogP contribution is 2.20. The number of likely N-dealkylation sites (tertiary alicyclic amines) is 1. The van der Waals surface area contributed by atoms with Crippen LogP contribution in [0.5, 0.6) is 0 Å². The molecule has 1 N–H and O–H groups in total. The Balaban J connectivity index is 2.45. The second-order valence-corrected chi connectivity index (χ2v) is 5.49. The number of nitrogens with one attached hydrogen (secondary N) is 1. The van der Waals surface area contributed by atoms with Crippen molar-refractivity contribution in [1.29, 1.82) is 5.26 Å². The van der Waals surface area contributed by atoms with Gasteiger partial charge in [0.1, 0.15) is 0 Å². The van der Waals surface area contributed by atoms with E-state index in [2.05, 4.69) is 37.1 Å². The van der Waals surface area contributed by atoms with E-state index in [1.165, 1.54) is 19.3 Å². The summed E-state index contributed by atoms with van der Waals surface area (Å²) in [7, 11) is 0. The highest BCUT2D eigenvalue weighted by Gasteiger charge is 2.27. The zero-order chi connectivity index (χ0) is 12.7. The molecule has 1 rings (SSSR count). The molecule has 0 bridgehead atoms. The van der Waals surface area contributed by atoms with Gasteiger partial charge >= 0.3 is 0 Å². The van der Waals surface area contributed by atoms with E-state index in [9.17, 15) is 5.26 Å². The molecule has 0 saturated carbocycles. The third kappa shape index (κ3) is 4.65. The van der Waals surface area contributed by atoms with Gasteiger partial charge in [-0.15, -0.1) is 0 Å². The molecule has 0 aromatic rings. The number of piperidine rings is 1. The summed E-state index contributed by atoms with van der Waals surface area (Å²) >= 11 is 0. The predicted molar refractivity (Wildman–Crippen MR) is 71.7 cm³/mol. The summed E-state index contributed by atoms with van der Waals surface area (Å²) in [4.78, 5) is 2.41. The Labute approximate surface area is 106 Å². The van der Waals surface area contributed by atoms with Crippen LogP contribution in [0.4, 0.5) is 0 Å². The molecule has 1 heterocycles. The molecule has 98 valence electrons. The maximum Gasteiger partial charge on any atom is 0.0978 e. The molecule has 0 spiro atoms. The maximum absolute atomic E-state index is 9.20. The van der Waals surface area contributed by atoms with Crippen LogP contribution in [0, 0.1) is 17.2 Å². The minimum atomic E-state index is 0.112. The van der Waals surface area contributed by atoms with E-state index in [1.807, 2.05) is 0 Å². The van der Waals surface area contributed by atoms with Gasteiger partial charge in [0.25, 0.3) is 0 Å². The second kappa shape index (κ2) is 7.68. The molecule has 2 atom stereocenters. The van der Waals surface area contributed by atoms with Gasteiger partial charge in [-0.05, 0) is 38.3 Å². The highest BCUT2D eigenvalue weighted by atomic mass is 15.2. The quantitative estimate of drug-likeness (QED) is 0.771. The number of hydrogen-bond acceptors (Lipinski definition) is 3. The molecule has 3 nitrogen and oxygen atoms in total. The molecule has 3 heteroatoms. The van der Waals surface area contributed by atoms with Gasteiger partial charge in [-0.25, -0.2) is 0 Å². The van der Waals surface area contributed by atoms with Crippen molar-refractivity contribution in [2.24, 2.45) is 5.92 Å². The zero-order valence-corrected chi connectivity index (χ0v) is 11.6. The highest BCUT2D eigenvalue weighted by molar-refractivity contribution is 4.95. The molecular weight excluding hydrogens is 210 g/mol. The standard InChI is InChI=1S/C14H27N3/c1-4-13(9-15)17-8-6-5-7-14(17)11-16-10-12(2)3/h12-14,16H,4-8,10-11H2,1-3H3. The van der Waals surface area contributed by atoms with Gasteiger partial charge in [0.05, 0.1) is 12.1 Å². The first-order valence-corrected chi connectivity index (χ1v) is 7.05. The van der Waals surface area contributed by atoms with E-state index < -0.39 is 0 Å². The molecule has 2 unspecified atom stereocenters. The van der Waals surface area contributed by atoms with Crippen molar-refractivity contribution in [3.63, 3.8) is 0 Å². The lowest BCUT2D eigenvalue weighted by atomic mass is 9.99. The molecule has 0 aromatic carbocycles. The van der Waals surface area contributed by atoms with Crippen LogP contribution in [0.15, 0.2) is 0 Å². The molecule has 1 aliphatic rings. The Hall–Kier alpha value is -0.590. The first-order chi connectivity index (χ1) is 8.19. The Bertz CT molecular complexity index is 244. The summed E-state index contributed by atoms with van der Waals surface area (Å²) in [5.41, 5.74) is 0. The fraction of sp³-hybridized carbons (Fsp3) is 0.929. The van der Waals surface area contributed by atoms with Gasteiger partial charge in [-0.3, -0.25) is 4.90 Å². The molecule has 0 radical (unpaired) electrons. The van der Waals surface area contributed by atoms with Crippen LogP contribution in [0.1, 0.15) is 46.5 Å². The lowest BCUT2D eigenvalue weighted by molar-refractivity contribution is 0.115. The van der Waals surface area contributed by atoms with E-state index in [0.717, 1.165) is 26.1 Å². The number of hydrogen-bond donors (Lipinski definition) is 1. The summed E-state index contributed by atoms with van der Waals surface area (Å²) in [6, 6.07) is 3.12. The Kier molecular flexibility index (Phi) is 6.54. The Morgan fingerprint density at radius 3 is 2.76 bits per heavy atom. The van der Waals surface area contributed by atoms with Gasteiger partial charge in [-0.1, -0.05) is 27.2 Å². The third-order valence-electron chi connectivity index (χ3n) is 3.54. The van der Waals surface area contributed by atoms with Crippen LogP contribution in [-0.2, 0) is 0 Å². The van der Waals surface area contributed by atoms with Crippen LogP contribution in [0.3, 0.4) is 0 Å². The Morgan fingerprint density at radius 1 is 1.41 bits per heavy atom. The molecule has 0 amide bonds. The van der Waals surface area contributed by atoms with Crippen molar-refractivity contribution < 1.29 is 0 Å². The van der Waals surface area contributed by atoms with Gasteiger partial charge in [0, 0.05) is 12.6 Å². The largest absolute Gasteiger partial charge is 0.315 e. The molecular formula is C14H27N3. The summed E-state index contributed by atoms with van der Waals surface area (Å²) in [6.45, 7) is 9.79. The maximum atomic E-state index is 9.20. The van der Waals surface area contributed by atoms with Gasteiger partial charge < -0.3 is 5.32 Å². The number of rotatable bonds is 6. The monoisotopic (exact) mass is 237 g/mol. The molecule has 1 fully saturated rings. The second-order valence-electron chi connectivity index (χ2n) is 5.49. The number of nitriles is 1. The minimum Gasteiger partial charge on any atom is -0.315 e. The van der Waals surface area contributed by atoms with E-state index in [-0.39, 0.29) is 6.04 Å². The van der Waals surface area contributed by atoms with Crippen LogP contribution in [-0.4, -0.2) is 36.6 Å². The normalized spacial score (nSPS) is 23.6. The van der Waals surface area contributed by atoms with Crippen LogP contribution < -0.4 is 5.32 Å². The molecule has 1 aliphatic heterocycles. The average molecular weight is 237 g/mol. The molecule has 1 saturated heterocycles. The van der Waals surface area contributed by atoms with Gasteiger partial charge in [0.15, 0.2) is 0 Å². The third-order valence-corrected chi connectivity index (χ3v) is 3.54. The first-order valence-electron chi connectivity index (χ1n) is 7.05. The van der Waals surface area contributed by atoms with Gasteiger partial charge in [-0.2, -0.15) is 5.26 Å². The molecule has 0 aliphatic carbocycles. The lowest BCUT2D eigenvalue weighted by Gasteiger charge is -2.38. The summed E-state index contributed by atoms with van der Waals surface area (Å²) in [5.74, 6) is 0.699. The summed E-state index contributed by atoms with van der Waals surface area (Å²) < 4.78 is 0. The van der Waals surface area contributed by atoms with E-state index in [1.54, 1.807) is 0 Å². The fourth-order valence-electron chi connectivity index (χ4n) is 2.59. The van der Waals surface area contributed by atoms with E-state index in [0.29, 0.717) is 12.0 Å². The lowest BCUT2D eigenvalue weighted by Crippen LogP contribution is -2.50. The molecule has 17 heavy (non-hydrogen) atoms. The van der Waals surface area contributed by atoms with E-state index in [4.69, 9.17) is 0 Å². The van der Waals surface area contributed by atoms with Gasteiger partial charge in [0.2, 0.25) is 0 Å². The van der Waals surface area contributed by atoms with Crippen molar-refractivity contribution >= 4 is 0 Å². The van der Waals surface area contributed by atoms with Crippen LogP contribution in [0.2, 0.25) is 0 Å². The molecule has 0 aromatic heterocycles. The Morgan fingerprint density at radius 2 is 2.18 bits per heavy atom. The van der Waals surface area contributed by atoms with E-state index >= 15 is 0 Å². The van der Waals surface area contributed by atoms with Crippen LogP contribution in [0.25, 0.3) is 0 Å². The average Bonchev–Trinajstić information content (AvgIpc) is 2.32. The number of nitrogens with zero attached hydrogens (tertiary/aromatic N) is 2. The van der Waals surface area contributed by atoms with Crippen LogP contribution >= 0.6 is 0 Å². The fourth-order valence-corrected chi connectivity index (χ4v) is 2.59. The summed E-state index contributed by atoms with van der Waals surface area (Å²) in [5, 5.41) is 12.7. The van der Waals surface area contributed by atoms with Crippen molar-refractivity contribution in [3.8, 4) is 6.07 Å². The van der Waals surface area contributed by atoms with Crippen molar-refractivity contribution in [3.05, 3.63) is 0 Å².